The Morgan fingerprint density at radius 1 is 0.338 bits per heavy atom. The van der Waals surface area contributed by atoms with Gasteiger partial charge in [-0.1, -0.05) is 193 Å². The Kier molecular flexibility index (Phi) is 9.51. The Morgan fingerprint density at radius 3 is 1.41 bits per heavy atom. The van der Waals surface area contributed by atoms with Crippen LogP contribution in [0.5, 0.6) is 0 Å². The quantitative estimate of drug-likeness (QED) is 0.156. The van der Waals surface area contributed by atoms with Crippen molar-refractivity contribution >= 4 is 110 Å². The van der Waals surface area contributed by atoms with Crippen molar-refractivity contribution < 1.29 is 8.83 Å². The van der Waals surface area contributed by atoms with E-state index >= 15 is 0 Å². The molecule has 11 aromatic carbocycles. The predicted molar refractivity (Wildman–Crippen MR) is 313 cm³/mol. The van der Waals surface area contributed by atoms with E-state index in [2.05, 4.69) is 271 Å². The first-order valence-corrected chi connectivity index (χ1v) is 26.0. The summed E-state index contributed by atoms with van der Waals surface area (Å²) in [7, 11) is 0. The molecule has 2 aromatic heterocycles. The highest BCUT2D eigenvalue weighted by Gasteiger charge is 2.59. The molecule has 13 aromatic rings. The van der Waals surface area contributed by atoms with Gasteiger partial charge in [-0.05, 0) is 133 Å². The van der Waals surface area contributed by atoms with Crippen LogP contribution < -0.4 is 9.80 Å². The third kappa shape index (κ3) is 6.09. The van der Waals surface area contributed by atoms with E-state index in [4.69, 9.17) is 8.83 Å². The first-order chi connectivity index (χ1) is 35.9. The second kappa shape index (κ2) is 15.9. The van der Waals surface area contributed by atoms with E-state index in [-0.39, 0.29) is 10.8 Å². The summed E-state index contributed by atoms with van der Waals surface area (Å²) in [4.78, 5) is 4.87. The number of furan rings is 2. The SMILES string of the molecule is Cc1ccccc1N(c1ccc2c3c(c4ccccc4c2c1)-c1c(cc(N(c2ccccc2)c2cccc4c2oc2ccccc24)c2ccccc12)C3(C(C)(C)C)C(C)(C)C)c1cccc2c1oc1ccccc12. The van der Waals surface area contributed by atoms with Crippen LogP contribution in [0.25, 0.3) is 87.3 Å². The maximum absolute atomic E-state index is 6.88. The summed E-state index contributed by atoms with van der Waals surface area (Å²) in [5.41, 5.74) is 15.4. The number of para-hydroxylation sites is 6. The molecule has 0 spiro atoms. The van der Waals surface area contributed by atoms with Crippen LogP contribution in [0, 0.1) is 17.8 Å². The Morgan fingerprint density at radius 2 is 0.811 bits per heavy atom. The van der Waals surface area contributed by atoms with Crippen molar-refractivity contribution in [3.8, 4) is 11.1 Å². The molecule has 0 fully saturated rings. The van der Waals surface area contributed by atoms with Crippen molar-refractivity contribution in [3.63, 3.8) is 0 Å². The summed E-state index contributed by atoms with van der Waals surface area (Å²) in [6.07, 6.45) is 0. The lowest BCUT2D eigenvalue weighted by atomic mass is 9.49. The molecule has 358 valence electrons. The van der Waals surface area contributed by atoms with Gasteiger partial charge in [-0.25, -0.2) is 0 Å². The Bertz CT molecular complexity index is 4410. The van der Waals surface area contributed by atoms with Gasteiger partial charge in [0.2, 0.25) is 0 Å². The molecule has 4 heteroatoms. The molecule has 0 saturated heterocycles. The molecule has 4 nitrogen and oxygen atoms in total. The molecule has 1 aliphatic rings. The highest BCUT2D eigenvalue weighted by molar-refractivity contribution is 6.24. The topological polar surface area (TPSA) is 32.8 Å². The predicted octanol–water partition coefficient (Wildman–Crippen LogP) is 20.6. The van der Waals surface area contributed by atoms with Crippen LogP contribution in [0.15, 0.2) is 221 Å². The smallest absolute Gasteiger partial charge is 0.159 e. The van der Waals surface area contributed by atoms with Crippen LogP contribution in [0.1, 0.15) is 58.2 Å². The number of benzene rings is 11. The minimum Gasteiger partial charge on any atom is -0.454 e. The highest BCUT2D eigenvalue weighted by Crippen LogP contribution is 2.69. The van der Waals surface area contributed by atoms with Crippen molar-refractivity contribution in [3.05, 3.63) is 229 Å². The van der Waals surface area contributed by atoms with Crippen LogP contribution in [-0.4, -0.2) is 0 Å². The molecule has 0 aliphatic heterocycles. The standard InChI is InChI=1S/C70H56N2O2/c1-43-23-11-18-34-57(43)72(59-36-22-33-54-49-29-17-20-38-62(49)74-67(54)59)45-39-40-52-55(41-45)46-26-12-14-30-50(46)64-63-51-31-15-13-27-47(51)60(42-56(63)70(65(52)64,68(2,3)4)69(5,6)7)71(44-24-9-8-10-25-44)58-35-21-32-53-48-28-16-19-37-61(48)73-66(53)58/h8-42H,1-7H3. The monoisotopic (exact) mass is 956 g/mol. The van der Waals surface area contributed by atoms with Gasteiger partial charge in [-0.15, -0.1) is 0 Å². The van der Waals surface area contributed by atoms with Gasteiger partial charge >= 0.3 is 0 Å². The number of hydrogen-bond acceptors (Lipinski definition) is 4. The highest BCUT2D eigenvalue weighted by atomic mass is 16.3. The van der Waals surface area contributed by atoms with Gasteiger partial charge < -0.3 is 18.6 Å². The first-order valence-electron chi connectivity index (χ1n) is 26.0. The van der Waals surface area contributed by atoms with E-state index in [0.29, 0.717) is 0 Å². The van der Waals surface area contributed by atoms with Gasteiger partial charge in [0.1, 0.15) is 11.2 Å². The molecule has 0 unspecified atom stereocenters. The van der Waals surface area contributed by atoms with Crippen molar-refractivity contribution in [2.75, 3.05) is 9.80 Å². The summed E-state index contributed by atoms with van der Waals surface area (Å²) in [5, 5.41) is 11.8. The lowest BCUT2D eigenvalue weighted by molar-refractivity contribution is 0.0965. The lowest BCUT2D eigenvalue weighted by Crippen LogP contribution is -2.50. The van der Waals surface area contributed by atoms with E-state index in [1.807, 2.05) is 0 Å². The summed E-state index contributed by atoms with van der Waals surface area (Å²) in [6, 6.07) is 77.6. The number of hydrogen-bond donors (Lipinski definition) is 0. The Labute approximate surface area is 431 Å². The minimum atomic E-state index is -0.503. The van der Waals surface area contributed by atoms with Gasteiger partial charge in [0.25, 0.3) is 0 Å². The van der Waals surface area contributed by atoms with Crippen molar-refractivity contribution in [1.82, 2.24) is 0 Å². The molecule has 0 atom stereocenters. The Balaban J connectivity index is 1.09. The van der Waals surface area contributed by atoms with Crippen LogP contribution >= 0.6 is 0 Å². The molecular weight excluding hydrogens is 901 g/mol. The molecule has 0 bridgehead atoms. The lowest BCUT2D eigenvalue weighted by Gasteiger charge is -2.53. The fourth-order valence-corrected chi connectivity index (χ4v) is 13.9. The van der Waals surface area contributed by atoms with Crippen molar-refractivity contribution in [2.45, 2.75) is 53.9 Å². The zero-order valence-corrected chi connectivity index (χ0v) is 42.9. The molecular formula is C70H56N2O2. The van der Waals surface area contributed by atoms with E-state index in [0.717, 1.165) is 78.0 Å². The maximum atomic E-state index is 6.88. The van der Waals surface area contributed by atoms with Crippen LogP contribution in [0.4, 0.5) is 34.1 Å². The molecule has 1 aliphatic carbocycles. The van der Waals surface area contributed by atoms with E-state index in [1.165, 1.54) is 60.1 Å². The van der Waals surface area contributed by atoms with Gasteiger partial charge in [0, 0.05) is 49.4 Å². The molecule has 0 saturated carbocycles. The summed E-state index contributed by atoms with van der Waals surface area (Å²) in [5.74, 6) is 0. The second-order valence-corrected chi connectivity index (χ2v) is 22.4. The van der Waals surface area contributed by atoms with Gasteiger partial charge in [0.05, 0.1) is 17.1 Å². The van der Waals surface area contributed by atoms with Crippen molar-refractivity contribution in [2.24, 2.45) is 10.8 Å². The average molecular weight is 957 g/mol. The van der Waals surface area contributed by atoms with E-state index < -0.39 is 5.41 Å². The molecule has 14 rings (SSSR count). The van der Waals surface area contributed by atoms with Crippen LogP contribution in [0.2, 0.25) is 0 Å². The van der Waals surface area contributed by atoms with Crippen LogP contribution in [0.3, 0.4) is 0 Å². The number of fused-ring (bicyclic) bond motifs is 16. The number of nitrogens with zero attached hydrogens (tertiary/aromatic N) is 2. The van der Waals surface area contributed by atoms with Crippen LogP contribution in [-0.2, 0) is 5.41 Å². The van der Waals surface area contributed by atoms with Crippen molar-refractivity contribution in [1.29, 1.82) is 0 Å². The minimum absolute atomic E-state index is 0.278. The first kappa shape index (κ1) is 44.1. The molecule has 2 heterocycles. The number of anilines is 6. The van der Waals surface area contributed by atoms with E-state index in [9.17, 15) is 0 Å². The largest absolute Gasteiger partial charge is 0.454 e. The van der Waals surface area contributed by atoms with Gasteiger partial charge in [0.15, 0.2) is 11.2 Å². The third-order valence-corrected chi connectivity index (χ3v) is 16.4. The summed E-state index contributed by atoms with van der Waals surface area (Å²) >= 11 is 0. The van der Waals surface area contributed by atoms with E-state index in [1.54, 1.807) is 0 Å². The fourth-order valence-electron chi connectivity index (χ4n) is 13.9. The maximum Gasteiger partial charge on any atom is 0.159 e. The number of aryl methyl sites for hydroxylation is 1. The second-order valence-electron chi connectivity index (χ2n) is 22.4. The molecule has 0 amide bonds. The van der Waals surface area contributed by atoms with Gasteiger partial charge in [-0.3, -0.25) is 0 Å². The number of rotatable bonds is 6. The zero-order valence-electron chi connectivity index (χ0n) is 42.9. The Hall–Kier alpha value is -8.60. The molecule has 74 heavy (non-hydrogen) atoms. The molecule has 0 N–H and O–H groups in total. The normalized spacial score (nSPS) is 13.4. The summed E-state index contributed by atoms with van der Waals surface area (Å²) < 4.78 is 13.7. The third-order valence-electron chi connectivity index (χ3n) is 16.4. The van der Waals surface area contributed by atoms with Gasteiger partial charge in [-0.2, -0.15) is 0 Å². The fraction of sp³-hybridized carbons (Fsp3) is 0.143. The summed E-state index contributed by atoms with van der Waals surface area (Å²) in [6.45, 7) is 17.0. The average Bonchev–Trinajstić information content (AvgIpc) is 4.15. The zero-order chi connectivity index (χ0) is 50.3. The molecule has 0 radical (unpaired) electrons.